The van der Waals surface area contributed by atoms with E-state index in [0.29, 0.717) is 0 Å². The molecular weight excluding hydrogens is 158 g/mol. The summed E-state index contributed by atoms with van der Waals surface area (Å²) in [5.41, 5.74) is 0. The number of carbonyl (C=O) groups is 1. The Morgan fingerprint density at radius 1 is 1.17 bits per heavy atom. The molecule has 0 aliphatic carbocycles. The maximum Gasteiger partial charge on any atom is 0.527 e. The van der Waals surface area contributed by atoms with E-state index in [0.717, 1.165) is 0 Å². The minimum atomic E-state index is -0.817. The maximum atomic E-state index is 10.7. The Bertz CT molecular complexity index is 137. The minimum Gasteiger partial charge on any atom is -0.429 e. The van der Waals surface area contributed by atoms with Crippen LogP contribution in [0.25, 0.3) is 0 Å². The van der Waals surface area contributed by atoms with Gasteiger partial charge in [-0.3, -0.25) is 0 Å². The first-order chi connectivity index (χ1) is 5.49. The van der Waals surface area contributed by atoms with Crippen LogP contribution in [0, 0.1) is 11.8 Å². The summed E-state index contributed by atoms with van der Waals surface area (Å²) >= 11 is 0. The van der Waals surface area contributed by atoms with Crippen LogP contribution in [0.1, 0.15) is 27.7 Å². The van der Waals surface area contributed by atoms with Crippen LogP contribution in [-0.4, -0.2) is 12.3 Å². The maximum absolute atomic E-state index is 10.7. The lowest BCUT2D eigenvalue weighted by Gasteiger charge is -2.23. The van der Waals surface area contributed by atoms with E-state index in [-0.39, 0.29) is 17.9 Å². The Morgan fingerprint density at radius 3 is 1.83 bits per heavy atom. The average Bonchev–Trinajstić information content (AvgIpc) is 1.98. The molecule has 0 atom stereocenters. The summed E-state index contributed by atoms with van der Waals surface area (Å²) < 4.78 is 4.94. The smallest absolute Gasteiger partial charge is 0.429 e. The van der Waals surface area contributed by atoms with Gasteiger partial charge in [0.05, 0.1) is 0 Å². The van der Waals surface area contributed by atoms with Crippen molar-refractivity contribution in [3.8, 4) is 0 Å². The van der Waals surface area contributed by atoms with Gasteiger partial charge in [-0.05, 0) is 11.8 Å². The van der Waals surface area contributed by atoms with Gasteiger partial charge in [0.25, 0.3) is 0 Å². The first-order valence-electron chi connectivity index (χ1n) is 4.06. The molecule has 0 aliphatic rings. The Morgan fingerprint density at radius 2 is 1.58 bits per heavy atom. The molecule has 0 heterocycles. The molecule has 0 aromatic heterocycles. The SMILES string of the molecule is CC(C)C(OC(=O)ON)C(C)C. The quantitative estimate of drug-likeness (QED) is 0.523. The van der Waals surface area contributed by atoms with Crippen molar-refractivity contribution < 1.29 is 14.4 Å². The van der Waals surface area contributed by atoms with Gasteiger partial charge in [0.1, 0.15) is 6.10 Å². The third kappa shape index (κ3) is 3.57. The largest absolute Gasteiger partial charge is 0.527 e. The molecule has 0 aromatic rings. The van der Waals surface area contributed by atoms with Crippen molar-refractivity contribution in [2.45, 2.75) is 33.8 Å². The van der Waals surface area contributed by atoms with E-state index in [1.165, 1.54) is 0 Å². The molecule has 0 saturated carbocycles. The van der Waals surface area contributed by atoms with E-state index in [4.69, 9.17) is 4.74 Å². The molecule has 0 radical (unpaired) electrons. The van der Waals surface area contributed by atoms with Crippen molar-refractivity contribution in [2.24, 2.45) is 17.7 Å². The summed E-state index contributed by atoms with van der Waals surface area (Å²) in [5.74, 6) is 5.18. The fourth-order valence-electron chi connectivity index (χ4n) is 1.18. The van der Waals surface area contributed by atoms with Crippen LogP contribution in [0.3, 0.4) is 0 Å². The first-order valence-corrected chi connectivity index (χ1v) is 4.06. The first kappa shape index (κ1) is 11.2. The van der Waals surface area contributed by atoms with Crippen LogP contribution in [0.4, 0.5) is 4.79 Å². The van der Waals surface area contributed by atoms with E-state index in [1.807, 2.05) is 27.7 Å². The van der Waals surface area contributed by atoms with E-state index in [2.05, 4.69) is 10.7 Å². The third-order valence-corrected chi connectivity index (χ3v) is 1.64. The van der Waals surface area contributed by atoms with Crippen LogP contribution >= 0.6 is 0 Å². The summed E-state index contributed by atoms with van der Waals surface area (Å²) in [6.45, 7) is 7.92. The van der Waals surface area contributed by atoms with Gasteiger partial charge in [0, 0.05) is 0 Å². The molecule has 0 unspecified atom stereocenters. The lowest BCUT2D eigenvalue weighted by Crippen LogP contribution is -2.30. The Kier molecular flexibility index (Phi) is 4.66. The molecule has 4 nitrogen and oxygen atoms in total. The van der Waals surface area contributed by atoms with E-state index in [9.17, 15) is 4.79 Å². The van der Waals surface area contributed by atoms with Crippen LogP contribution in [0.15, 0.2) is 0 Å². The number of hydrogen-bond acceptors (Lipinski definition) is 4. The molecule has 0 bridgehead atoms. The van der Waals surface area contributed by atoms with Crippen LogP contribution in [0.5, 0.6) is 0 Å². The van der Waals surface area contributed by atoms with Crippen molar-refractivity contribution >= 4 is 6.16 Å². The Hall–Kier alpha value is -0.770. The summed E-state index contributed by atoms with van der Waals surface area (Å²) in [6, 6.07) is 0. The van der Waals surface area contributed by atoms with E-state index < -0.39 is 6.16 Å². The van der Waals surface area contributed by atoms with Crippen molar-refractivity contribution in [1.29, 1.82) is 0 Å². The monoisotopic (exact) mass is 175 g/mol. The van der Waals surface area contributed by atoms with Crippen molar-refractivity contribution in [2.75, 3.05) is 0 Å². The summed E-state index contributed by atoms with van der Waals surface area (Å²) in [6.07, 6.45) is -0.955. The zero-order chi connectivity index (χ0) is 9.72. The zero-order valence-corrected chi connectivity index (χ0v) is 8.03. The van der Waals surface area contributed by atoms with Crippen molar-refractivity contribution in [3.05, 3.63) is 0 Å². The fraction of sp³-hybridized carbons (Fsp3) is 0.875. The van der Waals surface area contributed by atoms with Crippen LogP contribution < -0.4 is 5.90 Å². The van der Waals surface area contributed by atoms with Gasteiger partial charge in [-0.2, -0.15) is 5.90 Å². The number of hydrogen-bond donors (Lipinski definition) is 1. The molecule has 12 heavy (non-hydrogen) atoms. The third-order valence-electron chi connectivity index (χ3n) is 1.64. The van der Waals surface area contributed by atoms with Gasteiger partial charge in [0.15, 0.2) is 0 Å². The van der Waals surface area contributed by atoms with Gasteiger partial charge >= 0.3 is 6.16 Å². The number of carbonyl (C=O) groups excluding carboxylic acids is 1. The normalized spacial score (nSPS) is 11.0. The molecule has 72 valence electrons. The molecule has 2 N–H and O–H groups in total. The highest BCUT2D eigenvalue weighted by Gasteiger charge is 2.22. The topological polar surface area (TPSA) is 61.5 Å². The zero-order valence-electron chi connectivity index (χ0n) is 8.03. The van der Waals surface area contributed by atoms with Gasteiger partial charge in [-0.1, -0.05) is 27.7 Å². The molecule has 0 saturated heterocycles. The Balaban J connectivity index is 4.05. The lowest BCUT2D eigenvalue weighted by atomic mass is 9.96. The van der Waals surface area contributed by atoms with Gasteiger partial charge < -0.3 is 9.57 Å². The second kappa shape index (κ2) is 4.98. The average molecular weight is 175 g/mol. The van der Waals surface area contributed by atoms with E-state index >= 15 is 0 Å². The van der Waals surface area contributed by atoms with Gasteiger partial charge in [-0.25, -0.2) is 4.79 Å². The molecule has 0 rings (SSSR count). The second-order valence-corrected chi connectivity index (χ2v) is 3.44. The van der Waals surface area contributed by atoms with E-state index in [1.54, 1.807) is 0 Å². The van der Waals surface area contributed by atoms with Gasteiger partial charge in [-0.15, -0.1) is 0 Å². The highest BCUT2D eigenvalue weighted by atomic mass is 16.8. The summed E-state index contributed by atoms with van der Waals surface area (Å²) in [4.78, 5) is 14.6. The molecule has 0 aliphatic heterocycles. The van der Waals surface area contributed by atoms with Crippen molar-refractivity contribution in [1.82, 2.24) is 0 Å². The van der Waals surface area contributed by atoms with Crippen LogP contribution in [-0.2, 0) is 9.57 Å². The number of nitrogens with two attached hydrogens (primary N) is 1. The lowest BCUT2D eigenvalue weighted by molar-refractivity contribution is -0.0110. The molecular formula is C8H17NO3. The molecule has 4 heteroatoms. The van der Waals surface area contributed by atoms with Crippen LogP contribution in [0.2, 0.25) is 0 Å². The summed E-state index contributed by atoms with van der Waals surface area (Å²) in [5, 5.41) is 0. The standard InChI is InChI=1S/C8H17NO3/c1-5(2)7(6(3)4)11-8(10)12-9/h5-7H,9H2,1-4H3. The number of rotatable bonds is 3. The van der Waals surface area contributed by atoms with Crippen molar-refractivity contribution in [3.63, 3.8) is 0 Å². The molecule has 0 aromatic carbocycles. The molecule has 0 spiro atoms. The highest BCUT2D eigenvalue weighted by Crippen LogP contribution is 2.16. The second-order valence-electron chi connectivity index (χ2n) is 3.44. The highest BCUT2D eigenvalue weighted by molar-refractivity contribution is 5.59. The fourth-order valence-corrected chi connectivity index (χ4v) is 1.18. The predicted octanol–water partition coefficient (Wildman–Crippen LogP) is 1.69. The Labute approximate surface area is 73.0 Å². The van der Waals surface area contributed by atoms with Gasteiger partial charge in [0.2, 0.25) is 0 Å². The molecule has 0 amide bonds. The predicted molar refractivity (Wildman–Crippen MR) is 45.2 cm³/mol. The summed E-state index contributed by atoms with van der Waals surface area (Å²) in [7, 11) is 0. The number of ether oxygens (including phenoxy) is 1. The molecule has 0 fully saturated rings. The minimum absolute atomic E-state index is 0.138.